The van der Waals surface area contributed by atoms with Crippen molar-refractivity contribution in [3.63, 3.8) is 0 Å². The Labute approximate surface area is 173 Å². The standard InChI is InChI=1S/C19H33N5O3.ClH/c20-8-4-10-22-11-7-18(25)24-17(15-16-5-2-1-3-6-16)19(26)23-12-14-27-13-9-21;/h1-3,5-6,17,22H,4,7-15,20-21H2,(H,23,26)(H,24,25);1H/t17-;/m0./s1. The fourth-order valence-corrected chi connectivity index (χ4v) is 2.43. The van der Waals surface area contributed by atoms with Crippen LogP contribution in [-0.4, -0.2) is 63.8 Å². The van der Waals surface area contributed by atoms with Gasteiger partial charge in [0, 0.05) is 32.5 Å². The maximum Gasteiger partial charge on any atom is 0.243 e. The van der Waals surface area contributed by atoms with E-state index in [4.69, 9.17) is 16.2 Å². The van der Waals surface area contributed by atoms with Gasteiger partial charge in [-0.15, -0.1) is 12.4 Å². The van der Waals surface area contributed by atoms with E-state index >= 15 is 0 Å². The second-order valence-electron chi connectivity index (χ2n) is 6.14. The average Bonchev–Trinajstić information content (AvgIpc) is 2.68. The highest BCUT2D eigenvalue weighted by atomic mass is 35.5. The van der Waals surface area contributed by atoms with Crippen LogP contribution in [0, 0.1) is 0 Å². The summed E-state index contributed by atoms with van der Waals surface area (Å²) in [7, 11) is 0. The van der Waals surface area contributed by atoms with E-state index in [2.05, 4.69) is 16.0 Å². The van der Waals surface area contributed by atoms with Crippen LogP contribution in [0.15, 0.2) is 30.3 Å². The normalized spacial score (nSPS) is 11.4. The van der Waals surface area contributed by atoms with E-state index < -0.39 is 6.04 Å². The summed E-state index contributed by atoms with van der Waals surface area (Å²) in [6.07, 6.45) is 1.61. The topological polar surface area (TPSA) is 132 Å². The number of carbonyl (C=O) groups excluding carboxylic acids is 2. The Morgan fingerprint density at radius 3 is 2.43 bits per heavy atom. The van der Waals surface area contributed by atoms with Crippen molar-refractivity contribution in [2.24, 2.45) is 11.5 Å². The molecule has 0 aromatic heterocycles. The first-order chi connectivity index (χ1) is 13.2. The first-order valence-electron chi connectivity index (χ1n) is 9.47. The van der Waals surface area contributed by atoms with Gasteiger partial charge in [0.15, 0.2) is 0 Å². The first-order valence-corrected chi connectivity index (χ1v) is 9.47. The molecular weight excluding hydrogens is 382 g/mol. The Balaban J connectivity index is 0.00000729. The quantitative estimate of drug-likeness (QED) is 0.247. The van der Waals surface area contributed by atoms with Gasteiger partial charge in [-0.1, -0.05) is 30.3 Å². The molecule has 7 N–H and O–H groups in total. The first kappa shape index (κ1) is 26.3. The zero-order valence-corrected chi connectivity index (χ0v) is 17.1. The lowest BCUT2D eigenvalue weighted by molar-refractivity contribution is -0.129. The molecule has 0 unspecified atom stereocenters. The minimum absolute atomic E-state index is 0. The van der Waals surface area contributed by atoms with Gasteiger partial charge in [0.1, 0.15) is 6.04 Å². The number of hydrogen-bond acceptors (Lipinski definition) is 6. The van der Waals surface area contributed by atoms with Crippen LogP contribution >= 0.6 is 12.4 Å². The van der Waals surface area contributed by atoms with Crippen LogP contribution in [0.25, 0.3) is 0 Å². The molecule has 2 amide bonds. The molecule has 0 spiro atoms. The van der Waals surface area contributed by atoms with Crippen LogP contribution in [0.2, 0.25) is 0 Å². The highest BCUT2D eigenvalue weighted by molar-refractivity contribution is 5.87. The highest BCUT2D eigenvalue weighted by Gasteiger charge is 2.20. The predicted octanol–water partition coefficient (Wildman–Crippen LogP) is -0.444. The van der Waals surface area contributed by atoms with Crippen molar-refractivity contribution in [3.05, 3.63) is 35.9 Å². The van der Waals surface area contributed by atoms with Crippen LogP contribution in [-0.2, 0) is 20.7 Å². The van der Waals surface area contributed by atoms with Crippen molar-refractivity contribution < 1.29 is 14.3 Å². The van der Waals surface area contributed by atoms with E-state index in [1.165, 1.54) is 0 Å². The Morgan fingerprint density at radius 1 is 1.00 bits per heavy atom. The molecular formula is C19H34ClN5O3. The number of halogens is 1. The Morgan fingerprint density at radius 2 is 1.75 bits per heavy atom. The summed E-state index contributed by atoms with van der Waals surface area (Å²) in [6, 6.07) is 8.98. The molecule has 1 aromatic carbocycles. The minimum Gasteiger partial charge on any atom is -0.378 e. The lowest BCUT2D eigenvalue weighted by atomic mass is 10.0. The molecule has 0 aliphatic carbocycles. The molecule has 0 fully saturated rings. The van der Waals surface area contributed by atoms with E-state index in [-0.39, 0.29) is 24.2 Å². The molecule has 28 heavy (non-hydrogen) atoms. The van der Waals surface area contributed by atoms with Crippen molar-refractivity contribution in [2.45, 2.75) is 25.3 Å². The molecule has 0 bridgehead atoms. The van der Waals surface area contributed by atoms with Gasteiger partial charge in [-0.05, 0) is 25.1 Å². The third-order valence-electron chi connectivity index (χ3n) is 3.83. The monoisotopic (exact) mass is 415 g/mol. The van der Waals surface area contributed by atoms with Crippen molar-refractivity contribution in [2.75, 3.05) is 45.9 Å². The summed E-state index contributed by atoms with van der Waals surface area (Å²) in [5.41, 5.74) is 11.8. The summed E-state index contributed by atoms with van der Waals surface area (Å²) in [6.45, 7) is 3.62. The predicted molar refractivity (Wildman–Crippen MR) is 113 cm³/mol. The third-order valence-corrected chi connectivity index (χ3v) is 3.83. The second kappa shape index (κ2) is 17.4. The van der Waals surface area contributed by atoms with E-state index in [9.17, 15) is 9.59 Å². The second-order valence-corrected chi connectivity index (χ2v) is 6.14. The SMILES string of the molecule is Cl.NCCCNCCC(=O)N[C@@H](Cc1ccccc1)C(=O)NCCOCCN. The lowest BCUT2D eigenvalue weighted by Gasteiger charge is -2.19. The lowest BCUT2D eigenvalue weighted by Crippen LogP contribution is -2.49. The third kappa shape index (κ3) is 12.6. The summed E-state index contributed by atoms with van der Waals surface area (Å²) >= 11 is 0. The smallest absolute Gasteiger partial charge is 0.243 e. The molecule has 0 aliphatic heterocycles. The Bertz CT molecular complexity index is 534. The van der Waals surface area contributed by atoms with E-state index in [0.717, 1.165) is 18.5 Å². The number of ether oxygens (including phenoxy) is 1. The van der Waals surface area contributed by atoms with E-state index in [0.29, 0.717) is 52.2 Å². The van der Waals surface area contributed by atoms with Crippen LogP contribution in [0.3, 0.4) is 0 Å². The van der Waals surface area contributed by atoms with Crippen molar-refractivity contribution in [1.82, 2.24) is 16.0 Å². The molecule has 160 valence electrons. The number of carbonyl (C=O) groups is 2. The van der Waals surface area contributed by atoms with Gasteiger partial charge in [0.2, 0.25) is 11.8 Å². The zero-order chi connectivity index (χ0) is 19.7. The van der Waals surface area contributed by atoms with Crippen molar-refractivity contribution in [3.8, 4) is 0 Å². The number of benzene rings is 1. The van der Waals surface area contributed by atoms with Gasteiger partial charge >= 0.3 is 0 Å². The summed E-state index contributed by atoms with van der Waals surface area (Å²) in [4.78, 5) is 24.7. The van der Waals surface area contributed by atoms with Gasteiger partial charge in [-0.3, -0.25) is 9.59 Å². The largest absolute Gasteiger partial charge is 0.378 e. The van der Waals surface area contributed by atoms with Gasteiger partial charge < -0.3 is 32.2 Å². The molecule has 1 aromatic rings. The molecule has 1 rings (SSSR count). The highest BCUT2D eigenvalue weighted by Crippen LogP contribution is 2.04. The fourth-order valence-electron chi connectivity index (χ4n) is 2.43. The van der Waals surface area contributed by atoms with Gasteiger partial charge in [-0.25, -0.2) is 0 Å². The molecule has 0 saturated carbocycles. The van der Waals surface area contributed by atoms with Gasteiger partial charge in [-0.2, -0.15) is 0 Å². The zero-order valence-electron chi connectivity index (χ0n) is 16.3. The maximum atomic E-state index is 12.5. The molecule has 9 heteroatoms. The number of amides is 2. The number of hydrogen-bond donors (Lipinski definition) is 5. The molecule has 0 heterocycles. The van der Waals surface area contributed by atoms with Crippen LogP contribution < -0.4 is 27.4 Å². The van der Waals surface area contributed by atoms with Crippen LogP contribution in [0.5, 0.6) is 0 Å². The minimum atomic E-state index is -0.626. The number of nitrogens with two attached hydrogens (primary N) is 2. The van der Waals surface area contributed by atoms with Crippen LogP contribution in [0.4, 0.5) is 0 Å². The van der Waals surface area contributed by atoms with Crippen molar-refractivity contribution >= 4 is 24.2 Å². The molecule has 0 aliphatic rings. The molecule has 0 radical (unpaired) electrons. The van der Waals surface area contributed by atoms with E-state index in [1.54, 1.807) is 0 Å². The molecule has 8 nitrogen and oxygen atoms in total. The van der Waals surface area contributed by atoms with E-state index in [1.807, 2.05) is 30.3 Å². The Kier molecular flexibility index (Phi) is 16.3. The number of nitrogens with one attached hydrogen (secondary N) is 3. The summed E-state index contributed by atoms with van der Waals surface area (Å²) in [5, 5.41) is 8.79. The Hall–Kier alpha value is -1.71. The van der Waals surface area contributed by atoms with Crippen molar-refractivity contribution in [1.29, 1.82) is 0 Å². The van der Waals surface area contributed by atoms with Crippen LogP contribution in [0.1, 0.15) is 18.4 Å². The average molecular weight is 416 g/mol. The van der Waals surface area contributed by atoms with Gasteiger partial charge in [0.25, 0.3) is 0 Å². The fraction of sp³-hybridized carbons (Fsp3) is 0.579. The number of rotatable bonds is 15. The summed E-state index contributed by atoms with van der Waals surface area (Å²) in [5.74, 6) is -0.384. The molecule has 1 atom stereocenters. The van der Waals surface area contributed by atoms with Gasteiger partial charge in [0.05, 0.1) is 13.2 Å². The molecule has 0 saturated heterocycles. The summed E-state index contributed by atoms with van der Waals surface area (Å²) < 4.78 is 5.25. The maximum absolute atomic E-state index is 12.5.